The van der Waals surface area contributed by atoms with Gasteiger partial charge in [0.25, 0.3) is 0 Å². The summed E-state index contributed by atoms with van der Waals surface area (Å²) in [5, 5.41) is 3.14. The van der Waals surface area contributed by atoms with Crippen molar-refractivity contribution in [1.82, 2.24) is 0 Å². The Morgan fingerprint density at radius 3 is 2.53 bits per heavy atom. The van der Waals surface area contributed by atoms with Crippen molar-refractivity contribution in [3.63, 3.8) is 0 Å². The second-order valence-electron chi connectivity index (χ2n) is 3.10. The molecule has 0 aliphatic carbocycles. The molecule has 0 aliphatic rings. The summed E-state index contributed by atoms with van der Waals surface area (Å²) in [6, 6.07) is 6.25. The van der Waals surface area contributed by atoms with E-state index in [4.69, 9.17) is 0 Å². The molecular formula is C13H14FN. The molecule has 0 saturated heterocycles. The van der Waals surface area contributed by atoms with Crippen LogP contribution in [-0.4, -0.2) is 0 Å². The van der Waals surface area contributed by atoms with E-state index >= 15 is 0 Å². The molecule has 0 radical (unpaired) electrons. The van der Waals surface area contributed by atoms with E-state index in [1.165, 1.54) is 12.1 Å². The van der Waals surface area contributed by atoms with Crippen molar-refractivity contribution in [1.29, 1.82) is 0 Å². The molecule has 78 valence electrons. The second-order valence-corrected chi connectivity index (χ2v) is 3.10. The molecule has 0 aliphatic heterocycles. The molecule has 0 saturated carbocycles. The Bertz CT molecular complexity index is 374. The average Bonchev–Trinajstić information content (AvgIpc) is 2.22. The van der Waals surface area contributed by atoms with Gasteiger partial charge >= 0.3 is 0 Å². The molecule has 0 fully saturated rings. The van der Waals surface area contributed by atoms with Crippen molar-refractivity contribution in [3.05, 3.63) is 66.7 Å². The number of rotatable bonds is 4. The van der Waals surface area contributed by atoms with Gasteiger partial charge in [0.15, 0.2) is 0 Å². The molecule has 0 unspecified atom stereocenters. The van der Waals surface area contributed by atoms with E-state index in [0.29, 0.717) is 0 Å². The standard InChI is InChI=1S/C13H14FN/c1-3-4-5-6-11(2)15-13-9-7-12(14)8-10-13/h3-10,15H,1H2,2H3/b5-4-,11-6+. The topological polar surface area (TPSA) is 12.0 Å². The maximum Gasteiger partial charge on any atom is 0.123 e. The zero-order chi connectivity index (χ0) is 11.1. The maximum atomic E-state index is 12.6. The van der Waals surface area contributed by atoms with Gasteiger partial charge in [-0.15, -0.1) is 0 Å². The van der Waals surface area contributed by atoms with Crippen LogP contribution < -0.4 is 5.32 Å². The lowest BCUT2D eigenvalue weighted by atomic mass is 10.3. The molecular weight excluding hydrogens is 189 g/mol. The molecule has 0 amide bonds. The van der Waals surface area contributed by atoms with Gasteiger partial charge in [-0.3, -0.25) is 0 Å². The molecule has 1 N–H and O–H groups in total. The summed E-state index contributed by atoms with van der Waals surface area (Å²) in [6.45, 7) is 5.51. The van der Waals surface area contributed by atoms with Crippen molar-refractivity contribution >= 4 is 5.69 Å². The zero-order valence-electron chi connectivity index (χ0n) is 8.70. The highest BCUT2D eigenvalue weighted by atomic mass is 19.1. The van der Waals surface area contributed by atoms with Gasteiger partial charge in [0.1, 0.15) is 5.82 Å². The predicted molar refractivity (Wildman–Crippen MR) is 63.1 cm³/mol. The summed E-state index contributed by atoms with van der Waals surface area (Å²) in [6.07, 6.45) is 7.36. The minimum absolute atomic E-state index is 0.228. The highest BCUT2D eigenvalue weighted by molar-refractivity contribution is 5.48. The molecule has 1 aromatic rings. The molecule has 0 heterocycles. The van der Waals surface area contributed by atoms with Gasteiger partial charge < -0.3 is 5.32 Å². The quantitative estimate of drug-likeness (QED) is 0.732. The van der Waals surface area contributed by atoms with Crippen LogP contribution in [0.15, 0.2) is 60.8 Å². The van der Waals surface area contributed by atoms with Crippen LogP contribution >= 0.6 is 0 Å². The third kappa shape index (κ3) is 4.27. The Hall–Kier alpha value is -1.83. The van der Waals surface area contributed by atoms with E-state index in [1.54, 1.807) is 18.2 Å². The summed E-state index contributed by atoms with van der Waals surface area (Å²) < 4.78 is 12.6. The van der Waals surface area contributed by atoms with Gasteiger partial charge in [0.2, 0.25) is 0 Å². The number of benzene rings is 1. The normalized spacial score (nSPS) is 11.7. The van der Waals surface area contributed by atoms with Crippen LogP contribution in [0.5, 0.6) is 0 Å². The van der Waals surface area contributed by atoms with Gasteiger partial charge in [0, 0.05) is 11.4 Å². The SMILES string of the molecule is C=C/C=C\C=C(/C)Nc1ccc(F)cc1. The fourth-order valence-electron chi connectivity index (χ4n) is 1.08. The van der Waals surface area contributed by atoms with Crippen LogP contribution in [0, 0.1) is 5.82 Å². The first-order valence-electron chi connectivity index (χ1n) is 4.71. The van der Waals surface area contributed by atoms with Gasteiger partial charge in [-0.1, -0.05) is 24.8 Å². The van der Waals surface area contributed by atoms with Crippen molar-refractivity contribution < 1.29 is 4.39 Å². The molecule has 1 aromatic carbocycles. The van der Waals surface area contributed by atoms with Crippen molar-refractivity contribution in [2.75, 3.05) is 5.32 Å². The van der Waals surface area contributed by atoms with Gasteiger partial charge in [-0.05, 0) is 37.3 Å². The monoisotopic (exact) mass is 203 g/mol. The largest absolute Gasteiger partial charge is 0.359 e. The molecule has 15 heavy (non-hydrogen) atoms. The van der Waals surface area contributed by atoms with E-state index in [9.17, 15) is 4.39 Å². The highest BCUT2D eigenvalue weighted by Crippen LogP contribution is 2.10. The fourth-order valence-corrected chi connectivity index (χ4v) is 1.08. The van der Waals surface area contributed by atoms with Crippen LogP contribution in [0.2, 0.25) is 0 Å². The van der Waals surface area contributed by atoms with Gasteiger partial charge in [-0.2, -0.15) is 0 Å². The summed E-state index contributed by atoms with van der Waals surface area (Å²) in [4.78, 5) is 0. The van der Waals surface area contributed by atoms with E-state index in [0.717, 1.165) is 11.4 Å². The average molecular weight is 203 g/mol. The molecule has 1 rings (SSSR count). The molecule has 0 spiro atoms. The van der Waals surface area contributed by atoms with Crippen LogP contribution in [0.4, 0.5) is 10.1 Å². The van der Waals surface area contributed by atoms with Crippen LogP contribution in [-0.2, 0) is 0 Å². The molecule has 0 atom stereocenters. The molecule has 0 aromatic heterocycles. The number of nitrogens with one attached hydrogen (secondary N) is 1. The lowest BCUT2D eigenvalue weighted by Gasteiger charge is -2.04. The van der Waals surface area contributed by atoms with E-state index in [1.807, 2.05) is 25.2 Å². The van der Waals surface area contributed by atoms with Crippen molar-refractivity contribution in [2.24, 2.45) is 0 Å². The van der Waals surface area contributed by atoms with E-state index in [2.05, 4.69) is 11.9 Å². The fraction of sp³-hybridized carbons (Fsp3) is 0.0769. The minimum Gasteiger partial charge on any atom is -0.359 e. The Morgan fingerprint density at radius 2 is 1.93 bits per heavy atom. The Labute approximate surface area is 89.6 Å². The predicted octanol–water partition coefficient (Wildman–Crippen LogP) is 3.88. The maximum absolute atomic E-state index is 12.6. The summed E-state index contributed by atoms with van der Waals surface area (Å²) in [5.41, 5.74) is 1.86. The minimum atomic E-state index is -0.228. The summed E-state index contributed by atoms with van der Waals surface area (Å²) in [5.74, 6) is -0.228. The third-order valence-electron chi connectivity index (χ3n) is 1.78. The number of halogens is 1. The first-order valence-corrected chi connectivity index (χ1v) is 4.71. The lowest BCUT2D eigenvalue weighted by Crippen LogP contribution is -1.94. The highest BCUT2D eigenvalue weighted by Gasteiger charge is 1.92. The summed E-state index contributed by atoms with van der Waals surface area (Å²) in [7, 11) is 0. The number of anilines is 1. The van der Waals surface area contributed by atoms with Gasteiger partial charge in [-0.25, -0.2) is 4.39 Å². The molecule has 0 bridgehead atoms. The summed E-state index contributed by atoms with van der Waals surface area (Å²) >= 11 is 0. The smallest absolute Gasteiger partial charge is 0.123 e. The van der Waals surface area contributed by atoms with E-state index in [-0.39, 0.29) is 5.82 Å². The Kier molecular flexibility index (Phi) is 4.35. The first-order chi connectivity index (χ1) is 7.22. The van der Waals surface area contributed by atoms with E-state index < -0.39 is 0 Å². The molecule has 2 heteroatoms. The first kappa shape index (κ1) is 11.2. The molecule has 1 nitrogen and oxygen atoms in total. The Balaban J connectivity index is 2.61. The van der Waals surface area contributed by atoms with Crippen LogP contribution in [0.25, 0.3) is 0 Å². The number of allylic oxidation sites excluding steroid dienone is 5. The second kappa shape index (κ2) is 5.81. The Morgan fingerprint density at radius 1 is 1.27 bits per heavy atom. The third-order valence-corrected chi connectivity index (χ3v) is 1.78. The lowest BCUT2D eigenvalue weighted by molar-refractivity contribution is 0.628. The van der Waals surface area contributed by atoms with Crippen LogP contribution in [0.1, 0.15) is 6.92 Å². The van der Waals surface area contributed by atoms with Crippen molar-refractivity contribution in [2.45, 2.75) is 6.92 Å². The van der Waals surface area contributed by atoms with Crippen LogP contribution in [0.3, 0.4) is 0 Å². The van der Waals surface area contributed by atoms with Gasteiger partial charge in [0.05, 0.1) is 0 Å². The number of hydrogen-bond donors (Lipinski definition) is 1. The number of hydrogen-bond acceptors (Lipinski definition) is 1. The zero-order valence-corrected chi connectivity index (χ0v) is 8.70. The van der Waals surface area contributed by atoms with Crippen molar-refractivity contribution in [3.8, 4) is 0 Å².